The fraction of sp³-hybridized carbons (Fsp3) is 0.357. The highest BCUT2D eigenvalue weighted by atomic mass is 79.9. The molecule has 3 aromatic heterocycles. The van der Waals surface area contributed by atoms with Crippen molar-refractivity contribution in [3.63, 3.8) is 0 Å². The van der Waals surface area contributed by atoms with Crippen molar-refractivity contribution < 1.29 is 4.74 Å². The van der Waals surface area contributed by atoms with E-state index in [9.17, 15) is 0 Å². The molecule has 0 unspecified atom stereocenters. The summed E-state index contributed by atoms with van der Waals surface area (Å²) in [5.41, 5.74) is 2.91. The Bertz CT molecular complexity index is 824. The second kappa shape index (κ2) is 5.60. The average molecular weight is 380 g/mol. The Morgan fingerprint density at radius 2 is 2.09 bits per heavy atom. The summed E-state index contributed by atoms with van der Waals surface area (Å²) in [5.74, 6) is 0.758. The van der Waals surface area contributed by atoms with Crippen molar-refractivity contribution in [2.24, 2.45) is 7.05 Å². The van der Waals surface area contributed by atoms with Crippen LogP contribution in [0.4, 0.5) is 5.95 Å². The normalized spacial score (nSPS) is 15.6. The van der Waals surface area contributed by atoms with Crippen molar-refractivity contribution in [1.29, 1.82) is 0 Å². The predicted molar refractivity (Wildman–Crippen MR) is 90.3 cm³/mol. The van der Waals surface area contributed by atoms with Crippen LogP contribution >= 0.6 is 27.3 Å². The summed E-state index contributed by atoms with van der Waals surface area (Å²) >= 11 is 5.24. The monoisotopic (exact) mass is 379 g/mol. The molecule has 8 heteroatoms. The second-order valence-electron chi connectivity index (χ2n) is 5.14. The lowest BCUT2D eigenvalue weighted by atomic mass is 10.2. The van der Waals surface area contributed by atoms with Crippen LogP contribution in [-0.4, -0.2) is 46.1 Å². The maximum atomic E-state index is 5.42. The molecule has 1 aliphatic heterocycles. The van der Waals surface area contributed by atoms with Gasteiger partial charge in [-0.05, 0) is 15.9 Å². The quantitative estimate of drug-likeness (QED) is 0.684. The summed E-state index contributed by atoms with van der Waals surface area (Å²) in [6.45, 7) is 3.07. The molecule has 0 saturated carbocycles. The first kappa shape index (κ1) is 14.1. The number of aryl methyl sites for hydroxylation is 1. The van der Waals surface area contributed by atoms with Gasteiger partial charge < -0.3 is 9.64 Å². The summed E-state index contributed by atoms with van der Waals surface area (Å²) in [7, 11) is 1.91. The van der Waals surface area contributed by atoms with E-state index in [0.29, 0.717) is 13.2 Å². The number of fused-ring (bicyclic) bond motifs is 1. The van der Waals surface area contributed by atoms with Crippen LogP contribution in [0.15, 0.2) is 22.2 Å². The molecule has 22 heavy (non-hydrogen) atoms. The minimum absolute atomic E-state index is 0.717. The van der Waals surface area contributed by atoms with Crippen LogP contribution in [0.2, 0.25) is 0 Å². The molecule has 114 valence electrons. The summed E-state index contributed by atoms with van der Waals surface area (Å²) in [4.78, 5) is 11.7. The Morgan fingerprint density at radius 1 is 1.27 bits per heavy atom. The van der Waals surface area contributed by atoms with Gasteiger partial charge in [-0.25, -0.2) is 9.97 Å². The van der Waals surface area contributed by atoms with Gasteiger partial charge in [0.05, 0.1) is 34.3 Å². The number of ether oxygens (including phenoxy) is 1. The molecule has 0 spiro atoms. The lowest BCUT2D eigenvalue weighted by molar-refractivity contribution is 0.122. The van der Waals surface area contributed by atoms with Crippen molar-refractivity contribution in [3.05, 3.63) is 22.2 Å². The molecule has 0 bridgehead atoms. The molecule has 0 aliphatic carbocycles. The largest absolute Gasteiger partial charge is 0.378 e. The zero-order valence-electron chi connectivity index (χ0n) is 12.0. The highest BCUT2D eigenvalue weighted by molar-refractivity contribution is 9.10. The molecule has 0 aromatic carbocycles. The first-order chi connectivity index (χ1) is 10.7. The molecule has 1 saturated heterocycles. The third-order valence-electron chi connectivity index (χ3n) is 3.63. The van der Waals surface area contributed by atoms with Gasteiger partial charge >= 0.3 is 0 Å². The van der Waals surface area contributed by atoms with Crippen LogP contribution < -0.4 is 4.90 Å². The molecule has 0 amide bonds. The molecule has 1 aliphatic rings. The van der Waals surface area contributed by atoms with Crippen LogP contribution in [0.5, 0.6) is 0 Å². The number of thiophene rings is 1. The number of aromatic nitrogens is 4. The van der Waals surface area contributed by atoms with Gasteiger partial charge in [-0.1, -0.05) is 0 Å². The fourth-order valence-corrected chi connectivity index (χ4v) is 4.10. The lowest BCUT2D eigenvalue weighted by Gasteiger charge is -2.27. The van der Waals surface area contributed by atoms with E-state index >= 15 is 0 Å². The van der Waals surface area contributed by atoms with Gasteiger partial charge in [-0.15, -0.1) is 11.3 Å². The van der Waals surface area contributed by atoms with E-state index in [2.05, 4.69) is 31.3 Å². The molecule has 4 rings (SSSR count). The van der Waals surface area contributed by atoms with E-state index < -0.39 is 0 Å². The average Bonchev–Trinajstić information content (AvgIpc) is 3.14. The number of anilines is 1. The highest BCUT2D eigenvalue weighted by Crippen LogP contribution is 2.36. The van der Waals surface area contributed by atoms with Crippen molar-refractivity contribution in [2.45, 2.75) is 0 Å². The van der Waals surface area contributed by atoms with E-state index in [1.807, 2.05) is 19.4 Å². The first-order valence-corrected chi connectivity index (χ1v) is 8.66. The van der Waals surface area contributed by atoms with Crippen LogP contribution in [-0.2, 0) is 11.8 Å². The highest BCUT2D eigenvalue weighted by Gasteiger charge is 2.19. The number of nitrogens with zero attached hydrogens (tertiary/aromatic N) is 5. The van der Waals surface area contributed by atoms with Gasteiger partial charge in [0.2, 0.25) is 5.95 Å². The van der Waals surface area contributed by atoms with Gasteiger partial charge in [-0.3, -0.25) is 4.68 Å². The molecule has 6 nitrogen and oxygen atoms in total. The summed E-state index contributed by atoms with van der Waals surface area (Å²) in [6, 6.07) is 0. The molecule has 0 N–H and O–H groups in total. The molecule has 4 heterocycles. The summed E-state index contributed by atoms with van der Waals surface area (Å²) < 4.78 is 9.30. The topological polar surface area (TPSA) is 56.1 Å². The van der Waals surface area contributed by atoms with Gasteiger partial charge in [0, 0.05) is 37.3 Å². The summed E-state index contributed by atoms with van der Waals surface area (Å²) in [6.07, 6.45) is 3.83. The van der Waals surface area contributed by atoms with Gasteiger partial charge in [-0.2, -0.15) is 5.10 Å². The van der Waals surface area contributed by atoms with E-state index in [4.69, 9.17) is 14.7 Å². The maximum absolute atomic E-state index is 5.42. The third-order valence-corrected chi connectivity index (χ3v) is 5.52. The minimum atomic E-state index is 0.717. The lowest BCUT2D eigenvalue weighted by Crippen LogP contribution is -2.37. The Kier molecular flexibility index (Phi) is 3.59. The fourth-order valence-electron chi connectivity index (χ4n) is 2.52. The van der Waals surface area contributed by atoms with Crippen molar-refractivity contribution >= 4 is 43.4 Å². The zero-order chi connectivity index (χ0) is 15.1. The molecule has 1 fully saturated rings. The number of hydrogen-bond donors (Lipinski definition) is 0. The maximum Gasteiger partial charge on any atom is 0.226 e. The van der Waals surface area contributed by atoms with Crippen molar-refractivity contribution in [2.75, 3.05) is 31.2 Å². The van der Waals surface area contributed by atoms with E-state index in [1.54, 1.807) is 16.0 Å². The second-order valence-corrected chi connectivity index (χ2v) is 6.87. The van der Waals surface area contributed by atoms with Crippen LogP contribution in [0.25, 0.3) is 21.5 Å². The predicted octanol–water partition coefficient (Wildman–Crippen LogP) is 2.69. The van der Waals surface area contributed by atoms with Crippen molar-refractivity contribution in [1.82, 2.24) is 19.7 Å². The van der Waals surface area contributed by atoms with Gasteiger partial charge in [0.15, 0.2) is 0 Å². The van der Waals surface area contributed by atoms with E-state index in [1.165, 1.54) is 0 Å². The minimum Gasteiger partial charge on any atom is -0.378 e. The Hall–Kier alpha value is -1.51. The zero-order valence-corrected chi connectivity index (χ0v) is 14.4. The SMILES string of the molecule is Cn1cc(-c2nc(N3CCOCC3)nc3c(Br)csc23)cn1. The molecule has 3 aromatic rings. The number of rotatable bonds is 2. The standard InChI is InChI=1S/C14H14BrN5OS/c1-19-7-9(6-16-19)11-13-12(10(15)8-22-13)18-14(17-11)20-2-4-21-5-3-20/h6-8H,2-5H2,1H3. The Morgan fingerprint density at radius 3 is 2.82 bits per heavy atom. The van der Waals surface area contributed by atoms with Gasteiger partial charge in [0.1, 0.15) is 5.52 Å². The van der Waals surface area contributed by atoms with Crippen molar-refractivity contribution in [3.8, 4) is 11.3 Å². The smallest absolute Gasteiger partial charge is 0.226 e. The van der Waals surface area contributed by atoms with Crippen LogP contribution in [0, 0.1) is 0 Å². The number of halogens is 1. The molecular formula is C14H14BrN5OS. The van der Waals surface area contributed by atoms with Crippen LogP contribution in [0.3, 0.4) is 0 Å². The molecule has 0 radical (unpaired) electrons. The first-order valence-electron chi connectivity index (χ1n) is 6.99. The van der Waals surface area contributed by atoms with Gasteiger partial charge in [0.25, 0.3) is 0 Å². The number of morpholine rings is 1. The molecule has 0 atom stereocenters. The Balaban J connectivity index is 1.89. The number of hydrogen-bond acceptors (Lipinski definition) is 6. The third kappa shape index (κ3) is 2.41. The van der Waals surface area contributed by atoms with E-state index in [-0.39, 0.29) is 0 Å². The van der Waals surface area contributed by atoms with Crippen LogP contribution in [0.1, 0.15) is 0 Å². The van der Waals surface area contributed by atoms with E-state index in [0.717, 1.165) is 45.0 Å². The Labute approximate surface area is 139 Å². The molecular weight excluding hydrogens is 366 g/mol. The summed E-state index contributed by atoms with van der Waals surface area (Å²) in [5, 5.41) is 6.32.